The maximum absolute atomic E-state index is 14.4. The van der Waals surface area contributed by atoms with E-state index in [1.807, 2.05) is 6.92 Å². The van der Waals surface area contributed by atoms with Crippen molar-refractivity contribution in [1.82, 2.24) is 0 Å². The third kappa shape index (κ3) is 8.24. The van der Waals surface area contributed by atoms with Crippen molar-refractivity contribution in [3.63, 3.8) is 0 Å². The number of unbranched alkanes of at least 4 members (excludes halogenated alkanes) is 1. The molecule has 2 aliphatic rings. The summed E-state index contributed by atoms with van der Waals surface area (Å²) < 4.78 is 153. The molecule has 2 aliphatic heterocycles. The van der Waals surface area contributed by atoms with E-state index in [4.69, 9.17) is 9.47 Å². The van der Waals surface area contributed by atoms with E-state index >= 15 is 0 Å². The van der Waals surface area contributed by atoms with E-state index in [1.165, 1.54) is 0 Å². The molecule has 16 heteroatoms. The fourth-order valence-electron chi connectivity index (χ4n) is 3.44. The maximum atomic E-state index is 14.4. The topological polar surface area (TPSA) is 64.6 Å². The summed E-state index contributed by atoms with van der Waals surface area (Å²) in [5.41, 5.74) is 0. The van der Waals surface area contributed by atoms with Crippen LogP contribution in [0.1, 0.15) is 26.2 Å². The molecule has 0 radical (unpaired) electrons. The van der Waals surface area contributed by atoms with Gasteiger partial charge in [0.25, 0.3) is 12.6 Å². The fraction of sp³-hybridized carbons (Fsp3) is 0.714. The second kappa shape index (κ2) is 11.8. The van der Waals surface area contributed by atoms with Crippen molar-refractivity contribution in [2.45, 2.75) is 63.4 Å². The van der Waals surface area contributed by atoms with Crippen LogP contribution in [0.2, 0.25) is 0 Å². The van der Waals surface area contributed by atoms with E-state index < -0.39 is 73.6 Å². The lowest BCUT2D eigenvalue weighted by Gasteiger charge is -2.37. The van der Waals surface area contributed by atoms with Crippen LogP contribution >= 0.6 is 0 Å². The molecule has 0 aliphatic carbocycles. The lowest BCUT2D eigenvalue weighted by Crippen LogP contribution is -2.53. The molecule has 1 aromatic rings. The van der Waals surface area contributed by atoms with Gasteiger partial charge in [-0.05, 0) is 6.42 Å². The first-order chi connectivity index (χ1) is 17.2. The average Bonchev–Trinajstić information content (AvgIpc) is 2.79. The molecule has 7 nitrogen and oxygen atoms in total. The zero-order chi connectivity index (χ0) is 27.4. The van der Waals surface area contributed by atoms with E-state index in [1.54, 1.807) is 0 Å². The number of benzene rings is 1. The Morgan fingerprint density at radius 2 is 1.30 bits per heavy atom. The number of hydrogen-bond acceptors (Lipinski definition) is 7. The van der Waals surface area contributed by atoms with Crippen LogP contribution in [0.15, 0.2) is 12.1 Å². The van der Waals surface area contributed by atoms with Crippen molar-refractivity contribution in [3.05, 3.63) is 23.8 Å². The summed E-state index contributed by atoms with van der Waals surface area (Å²) in [5, 5.41) is 0. The Bertz CT molecular complexity index is 861. The smallest absolute Gasteiger partial charge is 0.429 e. The van der Waals surface area contributed by atoms with Crippen LogP contribution in [-0.4, -0.2) is 63.7 Å². The first-order valence-corrected chi connectivity index (χ1v) is 11.0. The molecule has 1 aromatic carbocycles. The standard InChI is InChI=1S/C21H23F9O7/c1-2-3-4-11-7-31-17(32-8-11)20(26,27)36-13-9-33-18(34-10-13)19(24,25)35-12-5-14(22)16(15(23)6-12)37-21(28,29)30/h5-6,11,13,17-18H,2-4,7-10H2,1H3. The molecule has 0 N–H and O–H groups in total. The quantitative estimate of drug-likeness (QED) is 0.358. The molecule has 37 heavy (non-hydrogen) atoms. The Hall–Kier alpha value is -2.01. The lowest BCUT2D eigenvalue weighted by molar-refractivity contribution is -0.413. The van der Waals surface area contributed by atoms with E-state index in [9.17, 15) is 39.5 Å². The predicted octanol–water partition coefficient (Wildman–Crippen LogP) is 5.37. The number of ether oxygens (including phenoxy) is 7. The van der Waals surface area contributed by atoms with Crippen molar-refractivity contribution in [1.29, 1.82) is 0 Å². The van der Waals surface area contributed by atoms with Gasteiger partial charge in [-0.25, -0.2) is 8.78 Å². The maximum Gasteiger partial charge on any atom is 0.573 e. The van der Waals surface area contributed by atoms with Crippen molar-refractivity contribution >= 4 is 0 Å². The highest BCUT2D eigenvalue weighted by Crippen LogP contribution is 2.36. The van der Waals surface area contributed by atoms with Crippen LogP contribution in [0.4, 0.5) is 39.5 Å². The Labute approximate surface area is 204 Å². The fourth-order valence-corrected chi connectivity index (χ4v) is 3.44. The zero-order valence-corrected chi connectivity index (χ0v) is 19.2. The van der Waals surface area contributed by atoms with E-state index in [-0.39, 0.29) is 31.3 Å². The highest BCUT2D eigenvalue weighted by Gasteiger charge is 2.51. The third-order valence-corrected chi connectivity index (χ3v) is 5.12. The van der Waals surface area contributed by atoms with Crippen molar-refractivity contribution < 1.29 is 72.7 Å². The van der Waals surface area contributed by atoms with E-state index in [0.29, 0.717) is 0 Å². The Morgan fingerprint density at radius 3 is 1.81 bits per heavy atom. The van der Waals surface area contributed by atoms with E-state index in [0.717, 1.165) is 19.3 Å². The summed E-state index contributed by atoms with van der Waals surface area (Å²) in [7, 11) is 0. The van der Waals surface area contributed by atoms with Crippen LogP contribution < -0.4 is 9.47 Å². The monoisotopic (exact) mass is 558 g/mol. The van der Waals surface area contributed by atoms with Gasteiger partial charge in [0.05, 0.1) is 26.4 Å². The van der Waals surface area contributed by atoms with Gasteiger partial charge < -0.3 is 33.2 Å². The van der Waals surface area contributed by atoms with Crippen LogP contribution in [0.25, 0.3) is 0 Å². The van der Waals surface area contributed by atoms with E-state index in [2.05, 4.69) is 23.7 Å². The second-order valence-electron chi connectivity index (χ2n) is 8.23. The first-order valence-electron chi connectivity index (χ1n) is 11.0. The molecular formula is C21H23F9O7. The molecule has 0 spiro atoms. The summed E-state index contributed by atoms with van der Waals surface area (Å²) in [6.07, 6.45) is -17.4. The van der Waals surface area contributed by atoms with Crippen molar-refractivity contribution in [2.24, 2.45) is 5.92 Å². The molecule has 0 saturated carbocycles. The third-order valence-electron chi connectivity index (χ3n) is 5.12. The number of alkyl halides is 7. The first kappa shape index (κ1) is 29.5. The average molecular weight is 558 g/mol. The molecule has 2 heterocycles. The van der Waals surface area contributed by atoms with Gasteiger partial charge in [-0.2, -0.15) is 17.6 Å². The summed E-state index contributed by atoms with van der Waals surface area (Å²) >= 11 is 0. The molecular weight excluding hydrogens is 535 g/mol. The summed E-state index contributed by atoms with van der Waals surface area (Å²) in [6, 6.07) is 0.0364. The molecule has 2 saturated heterocycles. The van der Waals surface area contributed by atoms with Gasteiger partial charge in [-0.3, -0.25) is 0 Å². The second-order valence-corrected chi connectivity index (χ2v) is 8.23. The Kier molecular flexibility index (Phi) is 9.42. The molecule has 0 atom stereocenters. The number of hydrogen-bond donors (Lipinski definition) is 0. The van der Waals surface area contributed by atoms with Crippen LogP contribution in [0.3, 0.4) is 0 Å². The molecule has 0 aromatic heterocycles. The highest BCUT2D eigenvalue weighted by atomic mass is 19.4. The van der Waals surface area contributed by atoms with Crippen LogP contribution in [-0.2, 0) is 23.7 Å². The number of rotatable bonds is 10. The molecule has 0 bridgehead atoms. The molecule has 212 valence electrons. The molecule has 0 unspecified atom stereocenters. The van der Waals surface area contributed by atoms with Crippen molar-refractivity contribution in [3.8, 4) is 11.5 Å². The van der Waals surface area contributed by atoms with Gasteiger partial charge in [-0.1, -0.05) is 19.8 Å². The van der Waals surface area contributed by atoms with Crippen LogP contribution in [0, 0.1) is 17.6 Å². The predicted molar refractivity (Wildman–Crippen MR) is 103 cm³/mol. The molecule has 0 amide bonds. The minimum Gasteiger partial charge on any atom is -0.429 e. The molecule has 2 fully saturated rings. The zero-order valence-electron chi connectivity index (χ0n) is 19.2. The lowest BCUT2D eigenvalue weighted by atomic mass is 10.0. The largest absolute Gasteiger partial charge is 0.573 e. The van der Waals surface area contributed by atoms with Gasteiger partial charge >= 0.3 is 18.6 Å². The van der Waals surface area contributed by atoms with Gasteiger partial charge in [-0.15, -0.1) is 13.2 Å². The minimum absolute atomic E-state index is 0.0182. The van der Waals surface area contributed by atoms with Gasteiger partial charge in [0.2, 0.25) is 5.75 Å². The summed E-state index contributed by atoms with van der Waals surface area (Å²) in [5.74, 6) is -7.11. The van der Waals surface area contributed by atoms with Crippen molar-refractivity contribution in [2.75, 3.05) is 26.4 Å². The van der Waals surface area contributed by atoms with Gasteiger partial charge in [0.1, 0.15) is 11.9 Å². The van der Waals surface area contributed by atoms with Gasteiger partial charge in [0.15, 0.2) is 11.6 Å². The normalized spacial score (nSPS) is 25.7. The highest BCUT2D eigenvalue weighted by molar-refractivity contribution is 5.35. The minimum atomic E-state index is -5.44. The summed E-state index contributed by atoms with van der Waals surface area (Å²) in [4.78, 5) is 0. The Balaban J connectivity index is 1.51. The molecule has 3 rings (SSSR count). The van der Waals surface area contributed by atoms with Crippen LogP contribution in [0.5, 0.6) is 11.5 Å². The number of halogens is 9. The summed E-state index contributed by atoms with van der Waals surface area (Å²) in [6.45, 7) is 0.372. The SMILES string of the molecule is CCCCC1COC(C(F)(F)OC2COC(C(F)(F)Oc3cc(F)c(OC(F)(F)F)c(F)c3)OC2)OC1. The Morgan fingerprint density at radius 1 is 0.784 bits per heavy atom. The van der Waals surface area contributed by atoms with Gasteiger partial charge in [0, 0.05) is 18.1 Å².